The van der Waals surface area contributed by atoms with Crippen LogP contribution in [0.4, 0.5) is 18.0 Å². The van der Waals surface area contributed by atoms with Gasteiger partial charge in [0.2, 0.25) is 4.87 Å². The van der Waals surface area contributed by atoms with Crippen molar-refractivity contribution in [1.82, 2.24) is 5.32 Å². The summed E-state index contributed by atoms with van der Waals surface area (Å²) in [5, 5.41) is 12.1. The Morgan fingerprint density at radius 1 is 1.14 bits per heavy atom. The summed E-state index contributed by atoms with van der Waals surface area (Å²) in [7, 11) is 0. The summed E-state index contributed by atoms with van der Waals surface area (Å²) in [6.07, 6.45) is -8.27. The van der Waals surface area contributed by atoms with Crippen LogP contribution in [0.25, 0.3) is 0 Å². The third kappa shape index (κ3) is 5.42. The average molecular weight is 413 g/mol. The summed E-state index contributed by atoms with van der Waals surface area (Å²) >= 11 is 0.348. The first-order valence-electron chi connectivity index (χ1n) is 8.67. The van der Waals surface area contributed by atoms with Crippen LogP contribution in [0, 0.1) is 6.92 Å². The van der Waals surface area contributed by atoms with Gasteiger partial charge in [-0.05, 0) is 31.0 Å². The van der Waals surface area contributed by atoms with Gasteiger partial charge in [0.25, 0.3) is 0 Å². The number of aliphatic hydroxyl groups is 1. The number of alkyl carbamates (subject to hydrolysis) is 1. The van der Waals surface area contributed by atoms with E-state index >= 15 is 0 Å². The zero-order valence-corrected chi connectivity index (χ0v) is 16.3. The Labute approximate surface area is 166 Å². The molecule has 28 heavy (non-hydrogen) atoms. The van der Waals surface area contributed by atoms with Crippen molar-refractivity contribution in [2.75, 3.05) is 0 Å². The van der Waals surface area contributed by atoms with Crippen molar-refractivity contribution in [2.45, 2.75) is 48.9 Å². The summed E-state index contributed by atoms with van der Waals surface area (Å²) in [5.74, 6) is 0. The van der Waals surface area contributed by atoms with Crippen molar-refractivity contribution in [2.24, 2.45) is 0 Å². The quantitative estimate of drug-likeness (QED) is 0.493. The van der Waals surface area contributed by atoms with E-state index in [0.29, 0.717) is 17.3 Å². The molecule has 0 unspecified atom stereocenters. The molecule has 0 aliphatic rings. The minimum absolute atomic E-state index is 0.183. The van der Waals surface area contributed by atoms with Crippen LogP contribution in [0.1, 0.15) is 24.5 Å². The van der Waals surface area contributed by atoms with Gasteiger partial charge in [0.1, 0.15) is 6.61 Å². The number of rotatable bonds is 7. The molecule has 0 radical (unpaired) electrons. The van der Waals surface area contributed by atoms with Gasteiger partial charge in [0.15, 0.2) is 0 Å². The Kier molecular flexibility index (Phi) is 7.37. The van der Waals surface area contributed by atoms with E-state index < -0.39 is 23.2 Å². The van der Waals surface area contributed by atoms with Gasteiger partial charge in [-0.25, -0.2) is 4.79 Å². The van der Waals surface area contributed by atoms with Crippen LogP contribution in [-0.2, 0) is 11.3 Å². The van der Waals surface area contributed by atoms with Crippen LogP contribution in [-0.4, -0.2) is 28.4 Å². The Bertz CT molecular complexity index is 769. The zero-order valence-electron chi connectivity index (χ0n) is 15.5. The molecule has 1 amide bonds. The minimum atomic E-state index is -4.93. The van der Waals surface area contributed by atoms with Gasteiger partial charge >= 0.3 is 12.3 Å². The van der Waals surface area contributed by atoms with Crippen molar-refractivity contribution in [3.8, 4) is 0 Å². The molecule has 0 fully saturated rings. The molecular formula is C20H22F3NO3S. The lowest BCUT2D eigenvalue weighted by Crippen LogP contribution is -2.63. The number of aliphatic hydroxyl groups excluding tert-OH is 1. The minimum Gasteiger partial charge on any atom is -0.445 e. The summed E-state index contributed by atoms with van der Waals surface area (Å²) in [5.41, 5.74) is 1.52. The lowest BCUT2D eigenvalue weighted by Gasteiger charge is -2.38. The second kappa shape index (κ2) is 9.34. The molecule has 0 spiro atoms. The summed E-state index contributed by atoms with van der Waals surface area (Å²) in [6.45, 7) is 3.04. The van der Waals surface area contributed by atoms with Gasteiger partial charge in [-0.2, -0.15) is 13.2 Å². The maximum atomic E-state index is 14.1. The van der Waals surface area contributed by atoms with E-state index in [1.807, 2.05) is 12.2 Å². The first kappa shape index (κ1) is 22.1. The van der Waals surface area contributed by atoms with Crippen molar-refractivity contribution in [3.63, 3.8) is 0 Å². The molecule has 0 aliphatic carbocycles. The van der Waals surface area contributed by atoms with E-state index in [2.05, 4.69) is 0 Å². The van der Waals surface area contributed by atoms with Crippen LogP contribution in [0.3, 0.4) is 0 Å². The molecule has 0 aromatic heterocycles. The molecule has 8 heteroatoms. The molecule has 0 saturated heterocycles. The molecule has 2 atom stereocenters. The number of hydrogen-bond acceptors (Lipinski definition) is 4. The van der Waals surface area contributed by atoms with E-state index in [4.69, 9.17) is 4.74 Å². The predicted octanol–water partition coefficient (Wildman–Crippen LogP) is 5.04. The topological polar surface area (TPSA) is 58.6 Å². The monoisotopic (exact) mass is 413 g/mol. The smallest absolute Gasteiger partial charge is 0.424 e. The van der Waals surface area contributed by atoms with E-state index in [9.17, 15) is 23.1 Å². The number of thioether (sulfide) groups is 1. The molecular weight excluding hydrogens is 391 g/mol. The Morgan fingerprint density at radius 2 is 1.75 bits per heavy atom. The van der Waals surface area contributed by atoms with Gasteiger partial charge in [-0.15, -0.1) is 0 Å². The van der Waals surface area contributed by atoms with Gasteiger partial charge in [0.05, 0.1) is 6.10 Å². The molecule has 2 N–H and O–H groups in total. The lowest BCUT2D eigenvalue weighted by atomic mass is 10.1. The van der Waals surface area contributed by atoms with Gasteiger partial charge < -0.3 is 9.84 Å². The Hall–Kier alpha value is -2.19. The molecule has 0 aliphatic heterocycles. The maximum Gasteiger partial charge on any atom is 0.424 e. The molecule has 2 aromatic carbocycles. The van der Waals surface area contributed by atoms with Crippen LogP contribution in [0.15, 0.2) is 59.5 Å². The second-order valence-corrected chi connectivity index (χ2v) is 7.58. The summed E-state index contributed by atoms with van der Waals surface area (Å²) in [6, 6.07) is 15.0. The number of benzene rings is 2. The highest BCUT2D eigenvalue weighted by atomic mass is 32.2. The fourth-order valence-electron chi connectivity index (χ4n) is 2.48. The largest absolute Gasteiger partial charge is 0.445 e. The number of carbonyl (C=O) groups excluding carboxylic acids is 1. The average Bonchev–Trinajstić information content (AvgIpc) is 2.66. The Balaban J connectivity index is 2.25. The highest BCUT2D eigenvalue weighted by Crippen LogP contribution is 2.46. The third-order valence-corrected chi connectivity index (χ3v) is 5.51. The predicted molar refractivity (Wildman–Crippen MR) is 102 cm³/mol. The summed E-state index contributed by atoms with van der Waals surface area (Å²) in [4.78, 5) is 9.51. The number of halogens is 3. The van der Waals surface area contributed by atoms with Crippen molar-refractivity contribution in [3.05, 3.63) is 65.7 Å². The maximum absolute atomic E-state index is 14.1. The van der Waals surface area contributed by atoms with Crippen molar-refractivity contribution in [1.29, 1.82) is 0 Å². The van der Waals surface area contributed by atoms with E-state index in [0.717, 1.165) is 5.56 Å². The van der Waals surface area contributed by atoms with Crippen LogP contribution < -0.4 is 5.32 Å². The highest BCUT2D eigenvalue weighted by Gasteiger charge is 2.61. The van der Waals surface area contributed by atoms with Gasteiger partial charge in [0, 0.05) is 4.90 Å². The number of ether oxygens (including phenoxy) is 1. The van der Waals surface area contributed by atoms with Crippen LogP contribution in [0.2, 0.25) is 0 Å². The molecule has 4 nitrogen and oxygen atoms in total. The first-order valence-corrected chi connectivity index (χ1v) is 9.49. The third-order valence-electron chi connectivity index (χ3n) is 4.08. The fourth-order valence-corrected chi connectivity index (χ4v) is 3.68. The van der Waals surface area contributed by atoms with Crippen molar-refractivity contribution < 1.29 is 27.8 Å². The first-order chi connectivity index (χ1) is 13.2. The molecule has 0 bridgehead atoms. The number of hydrogen-bond donors (Lipinski definition) is 2. The number of nitrogens with one attached hydrogen (secondary N) is 1. The number of alkyl halides is 3. The standard InChI is InChI=1S/C20H22F3NO3S/c1-3-17(25)19(20(21,22)23,28-16-11-9-14(2)10-12-16)24-18(26)27-13-15-7-5-4-6-8-15/h4-12,17,25H,3,13H2,1-2H3,(H,24,26)/t17-,19+/m0/s1. The Morgan fingerprint density at radius 3 is 2.29 bits per heavy atom. The lowest BCUT2D eigenvalue weighted by molar-refractivity contribution is -0.189. The number of carbonyl (C=O) groups is 1. The molecule has 2 aromatic rings. The highest BCUT2D eigenvalue weighted by molar-refractivity contribution is 8.00. The fraction of sp³-hybridized carbons (Fsp3) is 0.350. The SMILES string of the molecule is CC[C@H](O)[C@@](NC(=O)OCc1ccccc1)(Sc1ccc(C)cc1)C(F)(F)F. The summed E-state index contributed by atoms with van der Waals surface area (Å²) < 4.78 is 47.1. The number of amides is 1. The van der Waals surface area contributed by atoms with Gasteiger partial charge in [-0.3, -0.25) is 5.32 Å². The molecule has 152 valence electrons. The normalized spacial score (nSPS) is 14.8. The van der Waals surface area contributed by atoms with Crippen LogP contribution >= 0.6 is 11.8 Å². The molecule has 2 rings (SSSR count). The molecule has 0 heterocycles. The van der Waals surface area contributed by atoms with E-state index in [1.54, 1.807) is 42.5 Å². The second-order valence-electron chi connectivity index (χ2n) is 6.26. The van der Waals surface area contributed by atoms with Crippen LogP contribution in [0.5, 0.6) is 0 Å². The van der Waals surface area contributed by atoms with Crippen molar-refractivity contribution >= 4 is 17.9 Å². The zero-order chi connectivity index (χ0) is 20.8. The van der Waals surface area contributed by atoms with Gasteiger partial charge in [-0.1, -0.05) is 66.7 Å². The number of aryl methyl sites for hydroxylation is 1. The van der Waals surface area contributed by atoms with E-state index in [-0.39, 0.29) is 17.9 Å². The van der Waals surface area contributed by atoms with E-state index in [1.165, 1.54) is 19.1 Å². The molecule has 0 saturated carbocycles.